The van der Waals surface area contributed by atoms with Crippen molar-refractivity contribution in [1.82, 2.24) is 9.78 Å². The number of carbonyl (C=O) groups excluding carboxylic acids is 2. The number of aryl methyl sites for hydroxylation is 2. The second kappa shape index (κ2) is 9.61. The maximum absolute atomic E-state index is 11.9. The zero-order chi connectivity index (χ0) is 18.1. The molecule has 0 bridgehead atoms. The van der Waals surface area contributed by atoms with Gasteiger partial charge in [0.05, 0.1) is 11.9 Å². The monoisotopic (exact) mass is 343 g/mol. The smallest absolute Gasteiger partial charge is 0.412 e. The van der Waals surface area contributed by atoms with Gasteiger partial charge in [-0.15, -0.1) is 0 Å². The topological polar surface area (TPSA) is 73.2 Å². The van der Waals surface area contributed by atoms with Crippen molar-refractivity contribution < 1.29 is 14.3 Å². The van der Waals surface area contributed by atoms with Crippen molar-refractivity contribution in [2.45, 2.75) is 52.7 Å². The Hall–Kier alpha value is -2.63. The van der Waals surface area contributed by atoms with E-state index >= 15 is 0 Å². The zero-order valence-corrected chi connectivity index (χ0v) is 14.8. The van der Waals surface area contributed by atoms with E-state index in [1.165, 1.54) is 5.56 Å². The Labute approximate surface area is 148 Å². The molecule has 1 heterocycles. The molecule has 6 heteroatoms. The van der Waals surface area contributed by atoms with Gasteiger partial charge in [-0.1, -0.05) is 31.2 Å². The normalized spacial score (nSPS) is 10.5. The first-order chi connectivity index (χ1) is 12.1. The molecular weight excluding hydrogens is 318 g/mol. The Morgan fingerprint density at radius 1 is 1.20 bits per heavy atom. The largest absolute Gasteiger partial charge is 0.444 e. The van der Waals surface area contributed by atoms with Crippen LogP contribution in [0.3, 0.4) is 0 Å². The highest BCUT2D eigenvalue weighted by Gasteiger charge is 2.07. The minimum atomic E-state index is -0.498. The number of benzene rings is 1. The van der Waals surface area contributed by atoms with E-state index < -0.39 is 6.09 Å². The van der Waals surface area contributed by atoms with Crippen molar-refractivity contribution in [1.29, 1.82) is 0 Å². The van der Waals surface area contributed by atoms with E-state index in [-0.39, 0.29) is 12.4 Å². The lowest BCUT2D eigenvalue weighted by atomic mass is 10.1. The van der Waals surface area contributed by atoms with Crippen molar-refractivity contribution >= 4 is 17.6 Å². The third-order valence-corrected chi connectivity index (χ3v) is 3.90. The fourth-order valence-electron chi connectivity index (χ4n) is 2.54. The average Bonchev–Trinajstić information content (AvgIpc) is 3.04. The van der Waals surface area contributed by atoms with Crippen LogP contribution in [0.15, 0.2) is 36.7 Å². The predicted molar refractivity (Wildman–Crippen MR) is 96.4 cm³/mol. The molecule has 0 unspecified atom stereocenters. The van der Waals surface area contributed by atoms with E-state index in [9.17, 15) is 9.59 Å². The Morgan fingerprint density at radius 2 is 1.96 bits per heavy atom. The number of Topliss-reactive ketones (excluding diaryl/α,β-unsaturated/α-hetero) is 1. The summed E-state index contributed by atoms with van der Waals surface area (Å²) in [6, 6.07) is 7.91. The van der Waals surface area contributed by atoms with E-state index in [0.717, 1.165) is 24.8 Å². The number of ketones is 1. The van der Waals surface area contributed by atoms with Crippen LogP contribution in [0.25, 0.3) is 0 Å². The highest BCUT2D eigenvalue weighted by atomic mass is 16.5. The molecule has 0 aliphatic heterocycles. The fourth-order valence-corrected chi connectivity index (χ4v) is 2.54. The molecule has 134 valence electrons. The maximum Gasteiger partial charge on any atom is 0.412 e. The van der Waals surface area contributed by atoms with Crippen LogP contribution in [0.4, 0.5) is 10.5 Å². The maximum atomic E-state index is 11.9. The van der Waals surface area contributed by atoms with Gasteiger partial charge in [0, 0.05) is 19.2 Å². The van der Waals surface area contributed by atoms with Crippen LogP contribution in [-0.4, -0.2) is 21.7 Å². The summed E-state index contributed by atoms with van der Waals surface area (Å²) in [7, 11) is 0. The van der Waals surface area contributed by atoms with Crippen LogP contribution in [0, 0.1) is 0 Å². The van der Waals surface area contributed by atoms with Crippen LogP contribution in [0.5, 0.6) is 0 Å². The van der Waals surface area contributed by atoms with Gasteiger partial charge >= 0.3 is 6.09 Å². The molecule has 2 aromatic rings. The van der Waals surface area contributed by atoms with Gasteiger partial charge < -0.3 is 9.53 Å². The summed E-state index contributed by atoms with van der Waals surface area (Å²) in [5.74, 6) is 0.204. The number of hydrogen-bond acceptors (Lipinski definition) is 4. The molecule has 0 fully saturated rings. The molecule has 0 radical (unpaired) electrons. The Bertz CT molecular complexity index is 709. The number of unbranched alkanes of at least 4 members (excludes halogenated alkanes) is 1. The van der Waals surface area contributed by atoms with Crippen molar-refractivity contribution in [3.63, 3.8) is 0 Å². The highest BCUT2D eigenvalue weighted by molar-refractivity contribution is 5.84. The molecule has 1 amide bonds. The molecule has 6 nitrogen and oxygen atoms in total. The van der Waals surface area contributed by atoms with Crippen LogP contribution >= 0.6 is 0 Å². The van der Waals surface area contributed by atoms with Crippen molar-refractivity contribution in [2.75, 3.05) is 5.32 Å². The first-order valence-electron chi connectivity index (χ1n) is 8.61. The van der Waals surface area contributed by atoms with E-state index in [1.807, 2.05) is 24.3 Å². The van der Waals surface area contributed by atoms with Crippen LogP contribution in [0.1, 0.15) is 44.2 Å². The third kappa shape index (κ3) is 6.41. The Morgan fingerprint density at radius 3 is 2.68 bits per heavy atom. The number of rotatable bonds is 9. The van der Waals surface area contributed by atoms with Gasteiger partial charge in [0.1, 0.15) is 12.4 Å². The first-order valence-corrected chi connectivity index (χ1v) is 8.61. The highest BCUT2D eigenvalue weighted by Crippen LogP contribution is 2.12. The van der Waals surface area contributed by atoms with Gasteiger partial charge in [-0.25, -0.2) is 4.79 Å². The number of anilines is 1. The second-order valence-corrected chi connectivity index (χ2v) is 5.97. The summed E-state index contributed by atoms with van der Waals surface area (Å²) >= 11 is 0. The summed E-state index contributed by atoms with van der Waals surface area (Å²) in [4.78, 5) is 22.8. The predicted octanol–water partition coefficient (Wildman–Crippen LogP) is 3.95. The fraction of sp³-hybridized carbons (Fsp3) is 0.421. The van der Waals surface area contributed by atoms with Gasteiger partial charge in [0.25, 0.3) is 0 Å². The molecule has 0 aliphatic rings. The summed E-state index contributed by atoms with van der Waals surface area (Å²) in [6.45, 7) is 4.63. The second-order valence-electron chi connectivity index (χ2n) is 5.97. The van der Waals surface area contributed by atoms with E-state index in [2.05, 4.69) is 17.3 Å². The van der Waals surface area contributed by atoms with Crippen molar-refractivity contribution in [3.8, 4) is 0 Å². The number of hydrogen-bond donors (Lipinski definition) is 1. The zero-order valence-electron chi connectivity index (χ0n) is 14.8. The molecule has 2 rings (SSSR count). The molecule has 25 heavy (non-hydrogen) atoms. The van der Waals surface area contributed by atoms with E-state index in [1.54, 1.807) is 24.0 Å². The number of amides is 1. The Balaban J connectivity index is 1.76. The molecule has 0 saturated carbocycles. The SMILES string of the molecule is CCc1ccccc1COC(=O)Nc1cnn(CCCCC(C)=O)c1. The first kappa shape index (κ1) is 18.7. The molecular formula is C19H25N3O3. The molecule has 0 spiro atoms. The number of carbonyl (C=O) groups is 2. The number of nitrogens with one attached hydrogen (secondary N) is 1. The summed E-state index contributed by atoms with van der Waals surface area (Å²) in [6.07, 6.45) is 6.06. The van der Waals surface area contributed by atoms with Gasteiger partial charge in [0.15, 0.2) is 0 Å². The number of nitrogens with zero attached hydrogens (tertiary/aromatic N) is 2. The van der Waals surface area contributed by atoms with E-state index in [4.69, 9.17) is 4.74 Å². The average molecular weight is 343 g/mol. The minimum absolute atomic E-state index is 0.204. The van der Waals surface area contributed by atoms with Crippen molar-refractivity contribution in [2.24, 2.45) is 0 Å². The van der Waals surface area contributed by atoms with Crippen molar-refractivity contribution in [3.05, 3.63) is 47.8 Å². The molecule has 1 aromatic heterocycles. The Kier molecular flexibility index (Phi) is 7.19. The van der Waals surface area contributed by atoms with Gasteiger partial charge in [0.2, 0.25) is 0 Å². The van der Waals surface area contributed by atoms with Crippen LogP contribution < -0.4 is 5.32 Å². The quantitative estimate of drug-likeness (QED) is 0.700. The molecule has 1 aromatic carbocycles. The minimum Gasteiger partial charge on any atom is -0.444 e. The van der Waals surface area contributed by atoms with Crippen LogP contribution in [0.2, 0.25) is 0 Å². The lowest BCUT2D eigenvalue weighted by Gasteiger charge is -2.09. The molecule has 1 N–H and O–H groups in total. The van der Waals surface area contributed by atoms with E-state index in [0.29, 0.717) is 18.7 Å². The van der Waals surface area contributed by atoms with Gasteiger partial charge in [-0.05, 0) is 37.3 Å². The van der Waals surface area contributed by atoms with Gasteiger partial charge in [-0.3, -0.25) is 10.00 Å². The number of ether oxygens (including phenoxy) is 1. The van der Waals surface area contributed by atoms with Gasteiger partial charge in [-0.2, -0.15) is 5.10 Å². The standard InChI is InChI=1S/C19H25N3O3/c1-3-16-9-4-5-10-17(16)14-25-19(24)21-18-12-20-22(13-18)11-7-6-8-15(2)23/h4-5,9-10,12-13H,3,6-8,11,14H2,1-2H3,(H,21,24). The third-order valence-electron chi connectivity index (χ3n) is 3.90. The lowest BCUT2D eigenvalue weighted by molar-refractivity contribution is -0.117. The molecule has 0 atom stereocenters. The molecule has 0 saturated heterocycles. The van der Waals surface area contributed by atoms with Crippen LogP contribution in [-0.2, 0) is 29.1 Å². The number of aromatic nitrogens is 2. The summed E-state index contributed by atoms with van der Waals surface area (Å²) < 4.78 is 7.04. The lowest BCUT2D eigenvalue weighted by Crippen LogP contribution is -2.13. The summed E-state index contributed by atoms with van der Waals surface area (Å²) in [5, 5.41) is 6.87. The molecule has 0 aliphatic carbocycles. The summed E-state index contributed by atoms with van der Waals surface area (Å²) in [5.41, 5.74) is 2.79.